The third-order valence-electron chi connectivity index (χ3n) is 14.7. The first-order chi connectivity index (χ1) is 33.6. The molecule has 0 aliphatic rings. The summed E-state index contributed by atoms with van der Waals surface area (Å²) in [5.41, 5.74) is 13.4. The monoisotopic (exact) mass is 1010 g/mol. The van der Waals surface area contributed by atoms with E-state index < -0.39 is 10.8 Å². The molecule has 0 amide bonds. The zero-order chi connectivity index (χ0) is 49.8. The number of hydrogen-bond donors (Lipinski definition) is 2. The molecule has 2 N–H and O–H groups in total. The van der Waals surface area contributed by atoms with Gasteiger partial charge in [0.1, 0.15) is 11.5 Å². The van der Waals surface area contributed by atoms with Crippen LogP contribution in [0.4, 0.5) is 0 Å². The predicted octanol–water partition coefficient (Wildman–Crippen LogP) is 17.5. The topological polar surface area (TPSA) is 53.4 Å². The van der Waals surface area contributed by atoms with Gasteiger partial charge < -0.3 is 10.2 Å². The molecule has 71 heavy (non-hydrogen) atoms. The van der Waals surface area contributed by atoms with Crippen molar-refractivity contribution >= 4 is 0 Å². The molecular weight excluding hydrogens is 942 g/mol. The Balaban J connectivity index is 0.00000244. The van der Waals surface area contributed by atoms with Gasteiger partial charge in [0, 0.05) is 81.2 Å². The van der Waals surface area contributed by atoms with E-state index in [-0.39, 0.29) is 48.5 Å². The number of phenolic OH excluding ortho intramolecular Hbond substituents is 2. The molecule has 0 fully saturated rings. The number of pyridine rings is 1. The largest absolute Gasteiger partial charge is 0.507 e. The maximum Gasteiger partial charge on any atom is 0.127 e. The van der Waals surface area contributed by atoms with Crippen LogP contribution in [-0.2, 0) is 47.9 Å². The molecule has 0 radical (unpaired) electrons. The second-order valence-corrected chi connectivity index (χ2v) is 20.3. The van der Waals surface area contributed by atoms with Gasteiger partial charge in [-0.15, -0.1) is 0 Å². The SMILES string of the molecule is CC.CC(C)(c1ccccc1)c1cc(-c2ccccc2-c2cccc(-c3ccccc3-c3cc(C(C)(C)c4ccccc4)cc(C(C)(C)c4ccccc4)c3O)n2)c(O)c(C(C)(C)c2ccccc2)c1.[Zr]. The van der Waals surface area contributed by atoms with E-state index in [9.17, 15) is 10.2 Å². The molecule has 8 aromatic carbocycles. The summed E-state index contributed by atoms with van der Waals surface area (Å²) in [5.74, 6) is 0.506. The fourth-order valence-corrected chi connectivity index (χ4v) is 10.0. The minimum absolute atomic E-state index is 0. The van der Waals surface area contributed by atoms with Crippen LogP contribution in [0.15, 0.2) is 212 Å². The van der Waals surface area contributed by atoms with Crippen LogP contribution in [0.5, 0.6) is 11.5 Å². The number of phenols is 2. The van der Waals surface area contributed by atoms with Crippen molar-refractivity contribution in [1.29, 1.82) is 0 Å². The van der Waals surface area contributed by atoms with Crippen LogP contribution in [0.1, 0.15) is 114 Å². The van der Waals surface area contributed by atoms with Gasteiger partial charge in [-0.25, -0.2) is 4.98 Å². The number of rotatable bonds is 12. The van der Waals surface area contributed by atoms with Crippen molar-refractivity contribution in [3.05, 3.63) is 257 Å². The van der Waals surface area contributed by atoms with E-state index in [1.165, 1.54) is 11.1 Å². The van der Waals surface area contributed by atoms with Gasteiger partial charge in [-0.05, 0) is 68.8 Å². The molecule has 4 heteroatoms. The van der Waals surface area contributed by atoms with E-state index in [1.54, 1.807) is 0 Å². The van der Waals surface area contributed by atoms with Gasteiger partial charge in [0.2, 0.25) is 0 Å². The molecule has 0 atom stereocenters. The normalized spacial score (nSPS) is 11.8. The molecule has 0 bridgehead atoms. The minimum atomic E-state index is -0.519. The van der Waals surface area contributed by atoms with Crippen molar-refractivity contribution in [3.63, 3.8) is 0 Å². The van der Waals surface area contributed by atoms with Crippen LogP contribution in [0.25, 0.3) is 44.8 Å². The Morgan fingerprint density at radius 1 is 0.282 bits per heavy atom. The molecule has 3 nitrogen and oxygen atoms in total. The van der Waals surface area contributed by atoms with E-state index in [0.29, 0.717) is 0 Å². The summed E-state index contributed by atoms with van der Waals surface area (Å²) >= 11 is 0. The Hall–Kier alpha value is -6.61. The van der Waals surface area contributed by atoms with Crippen molar-refractivity contribution in [2.45, 2.75) is 90.9 Å². The first-order valence-electron chi connectivity index (χ1n) is 24.7. The average molecular weight is 1010 g/mol. The third kappa shape index (κ3) is 10.2. The molecule has 0 spiro atoms. The molecule has 0 unspecified atom stereocenters. The fourth-order valence-electron chi connectivity index (χ4n) is 10.0. The van der Waals surface area contributed by atoms with Crippen LogP contribution in [0.2, 0.25) is 0 Å². The van der Waals surface area contributed by atoms with Gasteiger partial charge in [-0.2, -0.15) is 0 Å². The first-order valence-corrected chi connectivity index (χ1v) is 24.7. The van der Waals surface area contributed by atoms with Crippen molar-refractivity contribution in [3.8, 4) is 56.3 Å². The molecule has 1 aromatic heterocycles. The molecule has 0 saturated heterocycles. The summed E-state index contributed by atoms with van der Waals surface area (Å²) in [7, 11) is 0. The molecule has 9 rings (SSSR count). The summed E-state index contributed by atoms with van der Waals surface area (Å²) in [4.78, 5) is 5.46. The second kappa shape index (κ2) is 21.4. The van der Waals surface area contributed by atoms with Gasteiger partial charge in [0.15, 0.2) is 0 Å². The van der Waals surface area contributed by atoms with E-state index in [2.05, 4.69) is 231 Å². The van der Waals surface area contributed by atoms with Gasteiger partial charge >= 0.3 is 0 Å². The van der Waals surface area contributed by atoms with Crippen LogP contribution >= 0.6 is 0 Å². The van der Waals surface area contributed by atoms with E-state index in [1.807, 2.05) is 50.2 Å². The van der Waals surface area contributed by atoms with Crippen molar-refractivity contribution in [2.75, 3.05) is 0 Å². The Labute approximate surface area is 442 Å². The molecule has 9 aromatic rings. The average Bonchev–Trinajstić information content (AvgIpc) is 3.40. The molecular formula is C67H67NO2Zr. The number of aromatic nitrogens is 1. The van der Waals surface area contributed by atoms with E-state index in [0.717, 1.165) is 78.1 Å². The third-order valence-corrected chi connectivity index (χ3v) is 14.7. The maximum atomic E-state index is 12.7. The Morgan fingerprint density at radius 3 is 0.859 bits per heavy atom. The zero-order valence-electron chi connectivity index (χ0n) is 43.0. The fraction of sp³-hybridized carbons (Fsp3) is 0.209. The van der Waals surface area contributed by atoms with Crippen LogP contribution in [0, 0.1) is 0 Å². The summed E-state index contributed by atoms with van der Waals surface area (Å²) in [5, 5.41) is 25.3. The number of aromatic hydroxyl groups is 2. The summed E-state index contributed by atoms with van der Waals surface area (Å²) in [6.07, 6.45) is 0. The van der Waals surface area contributed by atoms with E-state index >= 15 is 0 Å². The molecule has 0 saturated carbocycles. The second-order valence-electron chi connectivity index (χ2n) is 20.3. The predicted molar refractivity (Wildman–Crippen MR) is 295 cm³/mol. The standard InChI is InChI=1S/C65H61NO2.C2H6.Zr/c1-62(2,44-26-13-9-14-27-44)48-40-54(60(67)56(42-48)64(5,6)46-30-17-11-18-31-46)50-34-21-23-36-52(50)58-38-25-39-59(66-58)53-37-24-22-35-51(53)55-41-49(63(3,4)45-28-15-10-16-29-45)43-57(61(55)68)65(7,8)47-32-19-12-20-33-47;1-2;/h9-43,67-68H,1-8H3;1-2H3;. The quantitative estimate of drug-likeness (QED) is 0.128. The molecule has 356 valence electrons. The van der Waals surface area contributed by atoms with Gasteiger partial charge in [0.25, 0.3) is 0 Å². The van der Waals surface area contributed by atoms with Crippen molar-refractivity contribution in [2.24, 2.45) is 0 Å². The molecule has 0 aliphatic heterocycles. The summed E-state index contributed by atoms with van der Waals surface area (Å²) < 4.78 is 0. The van der Waals surface area contributed by atoms with Crippen LogP contribution < -0.4 is 0 Å². The number of nitrogens with zero attached hydrogens (tertiary/aromatic N) is 1. The smallest absolute Gasteiger partial charge is 0.127 e. The van der Waals surface area contributed by atoms with Crippen molar-refractivity contribution in [1.82, 2.24) is 4.98 Å². The Kier molecular flexibility index (Phi) is 15.7. The Bertz CT molecular complexity index is 3010. The van der Waals surface area contributed by atoms with Gasteiger partial charge in [-0.1, -0.05) is 257 Å². The maximum absolute atomic E-state index is 12.7. The number of benzene rings is 8. The zero-order valence-corrected chi connectivity index (χ0v) is 45.5. The van der Waals surface area contributed by atoms with Gasteiger partial charge in [0.05, 0.1) is 11.4 Å². The molecule has 0 aliphatic carbocycles. The minimum Gasteiger partial charge on any atom is -0.507 e. The number of hydrogen-bond acceptors (Lipinski definition) is 3. The van der Waals surface area contributed by atoms with Crippen molar-refractivity contribution < 1.29 is 36.4 Å². The van der Waals surface area contributed by atoms with Crippen LogP contribution in [0.3, 0.4) is 0 Å². The summed E-state index contributed by atoms with van der Waals surface area (Å²) in [6.45, 7) is 21.8. The van der Waals surface area contributed by atoms with Gasteiger partial charge in [-0.3, -0.25) is 0 Å². The van der Waals surface area contributed by atoms with E-state index in [4.69, 9.17) is 4.98 Å². The Morgan fingerprint density at radius 2 is 0.549 bits per heavy atom. The van der Waals surface area contributed by atoms with Crippen LogP contribution in [-0.4, -0.2) is 15.2 Å². The first kappa shape index (κ1) is 52.2. The molecule has 1 heterocycles. The summed E-state index contributed by atoms with van der Waals surface area (Å²) in [6, 6.07) is 73.5.